The summed E-state index contributed by atoms with van der Waals surface area (Å²) in [4.78, 5) is 28.7. The molecule has 1 aromatic carbocycles. The largest absolute Gasteiger partial charge is 0.338 e. The number of amides is 2. The van der Waals surface area contributed by atoms with Crippen molar-refractivity contribution >= 4 is 11.8 Å². The predicted octanol–water partition coefficient (Wildman–Crippen LogP) is 3.11. The van der Waals surface area contributed by atoms with Gasteiger partial charge < -0.3 is 9.80 Å². The molecule has 4 nitrogen and oxygen atoms in total. The Kier molecular flexibility index (Phi) is 5.96. The number of nitrogens with zero attached hydrogens (tertiary/aromatic N) is 2. The minimum Gasteiger partial charge on any atom is -0.338 e. The van der Waals surface area contributed by atoms with Crippen LogP contribution in [-0.4, -0.2) is 41.8 Å². The van der Waals surface area contributed by atoms with Gasteiger partial charge in [-0.2, -0.15) is 0 Å². The Hall–Kier alpha value is -2.36. The molecule has 2 atom stereocenters. The fourth-order valence-corrected chi connectivity index (χ4v) is 3.32. The van der Waals surface area contributed by atoms with E-state index in [1.165, 1.54) is 0 Å². The van der Waals surface area contributed by atoms with Crippen LogP contribution in [0.25, 0.3) is 0 Å². The molecule has 128 valence electrons. The molecular weight excluding hydrogens is 300 g/mol. The van der Waals surface area contributed by atoms with Crippen LogP contribution in [0.15, 0.2) is 49.6 Å². The van der Waals surface area contributed by atoms with Gasteiger partial charge in [0.25, 0.3) is 0 Å². The van der Waals surface area contributed by atoms with E-state index in [-0.39, 0.29) is 23.8 Å². The third kappa shape index (κ3) is 3.75. The number of hydrogen-bond acceptors (Lipinski definition) is 2. The number of likely N-dealkylation sites (tertiary alicyclic amines) is 1. The molecule has 0 aliphatic carbocycles. The Balaban J connectivity index is 2.35. The van der Waals surface area contributed by atoms with Crippen LogP contribution < -0.4 is 0 Å². The Bertz CT molecular complexity index is 611. The number of benzene rings is 1. The molecule has 2 rings (SSSR count). The molecule has 0 radical (unpaired) electrons. The first-order valence-corrected chi connectivity index (χ1v) is 8.32. The van der Waals surface area contributed by atoms with Gasteiger partial charge in [-0.15, -0.1) is 13.2 Å². The van der Waals surface area contributed by atoms with Gasteiger partial charge in [-0.05, 0) is 18.9 Å². The van der Waals surface area contributed by atoms with E-state index < -0.39 is 0 Å². The lowest BCUT2D eigenvalue weighted by Gasteiger charge is -2.40. The van der Waals surface area contributed by atoms with Crippen molar-refractivity contribution in [3.8, 4) is 0 Å². The summed E-state index contributed by atoms with van der Waals surface area (Å²) in [6.07, 6.45) is 4.43. The number of carbonyl (C=O) groups excluding carboxylic acids is 2. The molecule has 0 unspecified atom stereocenters. The van der Waals surface area contributed by atoms with Gasteiger partial charge >= 0.3 is 0 Å². The Labute approximate surface area is 144 Å². The van der Waals surface area contributed by atoms with Crippen molar-refractivity contribution in [3.05, 3.63) is 60.7 Å². The molecule has 0 saturated carbocycles. The number of carbonyl (C=O) groups is 2. The molecule has 2 amide bonds. The quantitative estimate of drug-likeness (QED) is 0.754. The highest BCUT2D eigenvalue weighted by Gasteiger charge is 2.40. The van der Waals surface area contributed by atoms with Crippen LogP contribution in [-0.2, 0) is 9.59 Å². The Morgan fingerprint density at radius 1 is 1.25 bits per heavy atom. The zero-order valence-electron chi connectivity index (χ0n) is 14.6. The van der Waals surface area contributed by atoms with E-state index in [1.54, 1.807) is 29.0 Å². The standard InChI is InChI=1S/C20H26N2O2/c1-5-13-22(14-6-2)20(24)17-11-12-18(23)21(4)19(17)16-9-7-15(3)8-10-16/h5-10,17,19H,1-2,11-14H2,3-4H3/t17-,19+/m0/s1. The number of hydrogen-bond donors (Lipinski definition) is 0. The van der Waals surface area contributed by atoms with E-state index in [9.17, 15) is 9.59 Å². The average molecular weight is 326 g/mol. The van der Waals surface area contributed by atoms with Crippen LogP contribution in [0.2, 0.25) is 0 Å². The van der Waals surface area contributed by atoms with Crippen molar-refractivity contribution in [2.24, 2.45) is 5.92 Å². The SMILES string of the molecule is C=CCN(CC=C)C(=O)[C@H]1CCC(=O)N(C)[C@@H]1c1ccc(C)cc1. The fourth-order valence-electron chi connectivity index (χ4n) is 3.32. The van der Waals surface area contributed by atoms with Crippen molar-refractivity contribution in [3.63, 3.8) is 0 Å². The lowest BCUT2D eigenvalue weighted by Crippen LogP contribution is -2.47. The maximum absolute atomic E-state index is 13.1. The summed E-state index contributed by atoms with van der Waals surface area (Å²) >= 11 is 0. The van der Waals surface area contributed by atoms with E-state index in [2.05, 4.69) is 13.2 Å². The van der Waals surface area contributed by atoms with Crippen LogP contribution in [0.1, 0.15) is 30.0 Å². The topological polar surface area (TPSA) is 40.6 Å². The Morgan fingerprint density at radius 2 is 1.83 bits per heavy atom. The molecule has 1 saturated heterocycles. The van der Waals surface area contributed by atoms with Crippen LogP contribution in [0.3, 0.4) is 0 Å². The van der Waals surface area contributed by atoms with E-state index in [0.717, 1.165) is 11.1 Å². The van der Waals surface area contributed by atoms with Crippen LogP contribution in [0.5, 0.6) is 0 Å². The van der Waals surface area contributed by atoms with Gasteiger partial charge in [0.2, 0.25) is 11.8 Å². The van der Waals surface area contributed by atoms with Gasteiger partial charge in [0.15, 0.2) is 0 Å². The summed E-state index contributed by atoms with van der Waals surface area (Å²) in [5.74, 6) is -0.0985. The van der Waals surface area contributed by atoms with Crippen LogP contribution in [0.4, 0.5) is 0 Å². The lowest BCUT2D eigenvalue weighted by molar-refractivity contribution is -0.146. The first-order valence-electron chi connectivity index (χ1n) is 8.32. The highest BCUT2D eigenvalue weighted by atomic mass is 16.2. The minimum absolute atomic E-state index is 0.0553. The van der Waals surface area contributed by atoms with Crippen molar-refractivity contribution in [2.45, 2.75) is 25.8 Å². The molecule has 0 spiro atoms. The fraction of sp³-hybridized carbons (Fsp3) is 0.400. The molecular formula is C20H26N2O2. The molecule has 24 heavy (non-hydrogen) atoms. The van der Waals surface area contributed by atoms with Gasteiger partial charge in [0.1, 0.15) is 0 Å². The predicted molar refractivity (Wildman–Crippen MR) is 96.4 cm³/mol. The highest BCUT2D eigenvalue weighted by molar-refractivity contribution is 5.85. The van der Waals surface area contributed by atoms with E-state index in [4.69, 9.17) is 0 Å². The van der Waals surface area contributed by atoms with E-state index >= 15 is 0 Å². The molecule has 1 aliphatic heterocycles. The zero-order chi connectivity index (χ0) is 17.7. The molecule has 1 aliphatic rings. The maximum Gasteiger partial charge on any atom is 0.228 e. The van der Waals surface area contributed by atoms with Gasteiger partial charge in [0, 0.05) is 26.6 Å². The van der Waals surface area contributed by atoms with E-state index in [1.807, 2.05) is 31.2 Å². The summed E-state index contributed by atoms with van der Waals surface area (Å²) in [6, 6.07) is 7.85. The average Bonchev–Trinajstić information content (AvgIpc) is 2.57. The normalized spacial score (nSPS) is 20.6. The van der Waals surface area contributed by atoms with E-state index in [0.29, 0.717) is 25.9 Å². The molecule has 1 aromatic rings. The first-order chi connectivity index (χ1) is 11.5. The van der Waals surface area contributed by atoms with Crippen molar-refractivity contribution < 1.29 is 9.59 Å². The summed E-state index contributed by atoms with van der Waals surface area (Å²) in [5, 5.41) is 0. The first kappa shape index (κ1) is 18.0. The third-order valence-electron chi connectivity index (χ3n) is 4.61. The molecule has 0 N–H and O–H groups in total. The molecule has 0 aromatic heterocycles. The second-order valence-corrected chi connectivity index (χ2v) is 6.33. The van der Waals surface area contributed by atoms with Gasteiger partial charge in [-0.25, -0.2) is 0 Å². The summed E-state index contributed by atoms with van der Waals surface area (Å²) in [7, 11) is 1.79. The lowest BCUT2D eigenvalue weighted by atomic mass is 9.83. The van der Waals surface area contributed by atoms with Crippen LogP contribution >= 0.6 is 0 Å². The Morgan fingerprint density at radius 3 is 2.38 bits per heavy atom. The number of piperidine rings is 1. The molecule has 1 fully saturated rings. The monoisotopic (exact) mass is 326 g/mol. The second-order valence-electron chi connectivity index (χ2n) is 6.33. The van der Waals surface area contributed by atoms with Crippen molar-refractivity contribution in [2.75, 3.05) is 20.1 Å². The van der Waals surface area contributed by atoms with Gasteiger partial charge in [-0.3, -0.25) is 9.59 Å². The summed E-state index contributed by atoms with van der Waals surface area (Å²) < 4.78 is 0. The summed E-state index contributed by atoms with van der Waals surface area (Å²) in [6.45, 7) is 10.5. The zero-order valence-corrected chi connectivity index (χ0v) is 14.6. The minimum atomic E-state index is -0.240. The smallest absolute Gasteiger partial charge is 0.228 e. The van der Waals surface area contributed by atoms with Gasteiger partial charge in [0.05, 0.1) is 12.0 Å². The van der Waals surface area contributed by atoms with Crippen molar-refractivity contribution in [1.29, 1.82) is 0 Å². The maximum atomic E-state index is 13.1. The number of aryl methyl sites for hydroxylation is 1. The molecule has 0 bridgehead atoms. The highest BCUT2D eigenvalue weighted by Crippen LogP contribution is 2.37. The van der Waals surface area contributed by atoms with Crippen LogP contribution in [0, 0.1) is 12.8 Å². The number of rotatable bonds is 6. The molecule has 4 heteroatoms. The summed E-state index contributed by atoms with van der Waals surface area (Å²) in [5.41, 5.74) is 2.16. The molecule has 1 heterocycles. The second kappa shape index (κ2) is 7.95. The van der Waals surface area contributed by atoms with Gasteiger partial charge in [-0.1, -0.05) is 42.0 Å². The third-order valence-corrected chi connectivity index (χ3v) is 4.61. The van der Waals surface area contributed by atoms with Crippen molar-refractivity contribution in [1.82, 2.24) is 9.80 Å².